The van der Waals surface area contributed by atoms with Crippen molar-refractivity contribution in [3.05, 3.63) is 53.5 Å². The molecule has 3 rings (SSSR count). The number of hydrogen-bond acceptors (Lipinski definition) is 3. The molecule has 2 aromatic rings. The largest absolute Gasteiger partial charge is 0.497 e. The minimum absolute atomic E-state index is 0.518. The number of benzene rings is 1. The van der Waals surface area contributed by atoms with Gasteiger partial charge in [-0.05, 0) is 54.7 Å². The highest BCUT2D eigenvalue weighted by Gasteiger charge is 2.18. The van der Waals surface area contributed by atoms with Gasteiger partial charge < -0.3 is 14.5 Å². The Morgan fingerprint density at radius 1 is 1.32 bits per heavy atom. The summed E-state index contributed by atoms with van der Waals surface area (Å²) in [5.41, 5.74) is 2.86. The summed E-state index contributed by atoms with van der Waals surface area (Å²) in [6, 6.07) is 10.9. The molecule has 1 aromatic carbocycles. The average Bonchev–Trinajstić information content (AvgIpc) is 2.97. The summed E-state index contributed by atoms with van der Waals surface area (Å²) in [4.78, 5) is 0. The Morgan fingerprint density at radius 2 is 2.26 bits per heavy atom. The lowest BCUT2D eigenvalue weighted by atomic mass is 9.88. The van der Waals surface area contributed by atoms with E-state index < -0.39 is 0 Å². The van der Waals surface area contributed by atoms with Gasteiger partial charge in [0, 0.05) is 6.04 Å². The van der Waals surface area contributed by atoms with Gasteiger partial charge in [-0.25, -0.2) is 0 Å². The maximum Gasteiger partial charge on any atom is 0.119 e. The molecule has 1 unspecified atom stereocenters. The summed E-state index contributed by atoms with van der Waals surface area (Å²) in [7, 11) is 1.72. The van der Waals surface area contributed by atoms with Gasteiger partial charge in [-0.1, -0.05) is 6.07 Å². The lowest BCUT2D eigenvalue weighted by Crippen LogP contribution is -2.34. The molecule has 3 nitrogen and oxygen atoms in total. The first kappa shape index (κ1) is 12.3. The fourth-order valence-corrected chi connectivity index (χ4v) is 2.69. The van der Waals surface area contributed by atoms with Crippen LogP contribution in [0.5, 0.6) is 5.75 Å². The van der Waals surface area contributed by atoms with Crippen molar-refractivity contribution >= 4 is 0 Å². The number of nitrogens with one attached hydrogen (secondary N) is 1. The second kappa shape index (κ2) is 5.49. The molecule has 1 aliphatic rings. The van der Waals surface area contributed by atoms with E-state index in [0.717, 1.165) is 30.9 Å². The molecule has 0 bridgehead atoms. The molecule has 1 atom stereocenters. The van der Waals surface area contributed by atoms with Crippen LogP contribution in [0.25, 0.3) is 0 Å². The molecule has 0 radical (unpaired) electrons. The third-order valence-electron chi connectivity index (χ3n) is 3.79. The van der Waals surface area contributed by atoms with E-state index in [9.17, 15) is 0 Å². The van der Waals surface area contributed by atoms with E-state index in [1.54, 1.807) is 13.4 Å². The number of fused-ring (bicyclic) bond motifs is 1. The molecule has 1 aromatic heterocycles. The van der Waals surface area contributed by atoms with Crippen LogP contribution >= 0.6 is 0 Å². The van der Waals surface area contributed by atoms with Crippen LogP contribution in [-0.4, -0.2) is 13.2 Å². The fourth-order valence-electron chi connectivity index (χ4n) is 2.69. The smallest absolute Gasteiger partial charge is 0.119 e. The first-order chi connectivity index (χ1) is 9.35. The number of furan rings is 1. The van der Waals surface area contributed by atoms with Crippen LogP contribution in [0.4, 0.5) is 0 Å². The summed E-state index contributed by atoms with van der Waals surface area (Å²) in [6.07, 6.45) is 5.10. The minimum Gasteiger partial charge on any atom is -0.497 e. The van der Waals surface area contributed by atoms with Crippen LogP contribution in [0.15, 0.2) is 41.0 Å². The molecular formula is C16H19NO2. The number of methoxy groups -OCH3 is 1. The maximum atomic E-state index is 5.35. The molecule has 0 spiro atoms. The van der Waals surface area contributed by atoms with Gasteiger partial charge in [0.25, 0.3) is 0 Å². The highest BCUT2D eigenvalue weighted by atomic mass is 16.5. The van der Waals surface area contributed by atoms with E-state index in [1.807, 2.05) is 12.1 Å². The Morgan fingerprint density at radius 3 is 3.05 bits per heavy atom. The van der Waals surface area contributed by atoms with E-state index in [2.05, 4.69) is 23.5 Å². The van der Waals surface area contributed by atoms with Crippen LogP contribution in [0.1, 0.15) is 23.3 Å². The Hall–Kier alpha value is -1.74. The zero-order chi connectivity index (χ0) is 13.1. The first-order valence-electron chi connectivity index (χ1n) is 6.76. The Labute approximate surface area is 113 Å². The lowest BCUT2D eigenvalue weighted by molar-refractivity contribution is 0.405. The molecule has 100 valence electrons. The van der Waals surface area contributed by atoms with E-state index in [1.165, 1.54) is 17.5 Å². The summed E-state index contributed by atoms with van der Waals surface area (Å²) in [6.45, 7) is 0.803. The zero-order valence-electron chi connectivity index (χ0n) is 11.2. The highest BCUT2D eigenvalue weighted by Crippen LogP contribution is 2.25. The summed E-state index contributed by atoms with van der Waals surface area (Å²) in [5, 5.41) is 3.57. The van der Waals surface area contributed by atoms with Crippen LogP contribution in [0.2, 0.25) is 0 Å². The van der Waals surface area contributed by atoms with Crippen molar-refractivity contribution in [2.45, 2.75) is 31.8 Å². The second-order valence-corrected chi connectivity index (χ2v) is 5.03. The van der Waals surface area contributed by atoms with E-state index in [-0.39, 0.29) is 0 Å². The van der Waals surface area contributed by atoms with Gasteiger partial charge in [-0.2, -0.15) is 0 Å². The molecule has 0 amide bonds. The number of aryl methyl sites for hydroxylation is 1. The van der Waals surface area contributed by atoms with Crippen LogP contribution in [0, 0.1) is 0 Å². The van der Waals surface area contributed by atoms with Crippen LogP contribution in [0.3, 0.4) is 0 Å². The van der Waals surface area contributed by atoms with Gasteiger partial charge in [0.15, 0.2) is 0 Å². The molecule has 1 aliphatic carbocycles. The van der Waals surface area contributed by atoms with Gasteiger partial charge in [0.05, 0.1) is 19.9 Å². The van der Waals surface area contributed by atoms with E-state index >= 15 is 0 Å². The first-order valence-corrected chi connectivity index (χ1v) is 6.76. The highest BCUT2D eigenvalue weighted by molar-refractivity contribution is 5.37. The molecule has 0 saturated heterocycles. The molecule has 1 heterocycles. The summed E-state index contributed by atoms with van der Waals surface area (Å²) < 4.78 is 10.6. The van der Waals surface area contributed by atoms with Crippen molar-refractivity contribution in [1.29, 1.82) is 0 Å². The number of rotatable bonds is 4. The molecule has 0 aliphatic heterocycles. The zero-order valence-corrected chi connectivity index (χ0v) is 11.2. The second-order valence-electron chi connectivity index (χ2n) is 5.03. The SMILES string of the molecule is COc1ccc2c(c1)CC(NCc1ccco1)CC2. The molecular weight excluding hydrogens is 238 g/mol. The quantitative estimate of drug-likeness (QED) is 0.914. The lowest BCUT2D eigenvalue weighted by Gasteiger charge is -2.25. The topological polar surface area (TPSA) is 34.4 Å². The third-order valence-corrected chi connectivity index (χ3v) is 3.79. The third kappa shape index (κ3) is 2.82. The normalized spacial score (nSPS) is 18.1. The summed E-state index contributed by atoms with van der Waals surface area (Å²) in [5.74, 6) is 1.95. The Kier molecular flexibility index (Phi) is 3.56. The Bertz CT molecular complexity index is 534. The van der Waals surface area contributed by atoms with Crippen LogP contribution < -0.4 is 10.1 Å². The number of hydrogen-bond donors (Lipinski definition) is 1. The molecule has 0 fully saturated rings. The van der Waals surface area contributed by atoms with Gasteiger partial charge in [-0.3, -0.25) is 0 Å². The van der Waals surface area contributed by atoms with Crippen molar-refractivity contribution in [3.8, 4) is 5.75 Å². The molecule has 3 heteroatoms. The molecule has 0 saturated carbocycles. The van der Waals surface area contributed by atoms with Crippen molar-refractivity contribution in [3.63, 3.8) is 0 Å². The monoisotopic (exact) mass is 257 g/mol. The van der Waals surface area contributed by atoms with E-state index in [0.29, 0.717) is 6.04 Å². The fraction of sp³-hybridized carbons (Fsp3) is 0.375. The van der Waals surface area contributed by atoms with Crippen LogP contribution in [-0.2, 0) is 19.4 Å². The van der Waals surface area contributed by atoms with Gasteiger partial charge >= 0.3 is 0 Å². The van der Waals surface area contributed by atoms with E-state index in [4.69, 9.17) is 9.15 Å². The van der Waals surface area contributed by atoms with Crippen molar-refractivity contribution in [1.82, 2.24) is 5.32 Å². The average molecular weight is 257 g/mol. The number of ether oxygens (including phenoxy) is 1. The summed E-state index contributed by atoms with van der Waals surface area (Å²) >= 11 is 0. The predicted octanol–water partition coefficient (Wildman–Crippen LogP) is 2.94. The van der Waals surface area contributed by atoms with Crippen molar-refractivity contribution < 1.29 is 9.15 Å². The molecule has 19 heavy (non-hydrogen) atoms. The van der Waals surface area contributed by atoms with Gasteiger partial charge in [0.1, 0.15) is 11.5 Å². The molecule has 1 N–H and O–H groups in total. The van der Waals surface area contributed by atoms with Crippen molar-refractivity contribution in [2.75, 3.05) is 7.11 Å². The maximum absolute atomic E-state index is 5.35. The minimum atomic E-state index is 0.518. The standard InChI is InChI=1S/C16H19NO2/c1-18-15-7-5-12-4-6-14(9-13(12)10-15)17-11-16-3-2-8-19-16/h2-3,5,7-8,10,14,17H,4,6,9,11H2,1H3. The predicted molar refractivity (Wildman–Crippen MR) is 74.4 cm³/mol. The van der Waals surface area contributed by atoms with Gasteiger partial charge in [0.2, 0.25) is 0 Å². The van der Waals surface area contributed by atoms with Crippen molar-refractivity contribution in [2.24, 2.45) is 0 Å². The Balaban J connectivity index is 1.64. The van der Waals surface area contributed by atoms with Gasteiger partial charge in [-0.15, -0.1) is 0 Å².